The monoisotopic (exact) mass is 388 g/mol. The minimum Gasteiger partial charge on any atom is -0.462 e. The maximum Gasteiger partial charge on any atom is 0.350 e. The molecule has 1 N–H and O–H groups in total. The smallest absolute Gasteiger partial charge is 0.350 e. The van der Waals surface area contributed by atoms with Crippen LogP contribution in [-0.2, 0) is 16.0 Å². The van der Waals surface area contributed by atoms with Gasteiger partial charge in [0.2, 0.25) is 5.91 Å². The van der Waals surface area contributed by atoms with Crippen LogP contribution < -0.4 is 5.32 Å². The molecule has 0 bridgehead atoms. The van der Waals surface area contributed by atoms with E-state index in [0.29, 0.717) is 28.0 Å². The van der Waals surface area contributed by atoms with E-state index in [-0.39, 0.29) is 12.3 Å². The average molecular weight is 388 g/mol. The quantitative estimate of drug-likeness (QED) is 0.651. The molecule has 0 aliphatic heterocycles. The number of aryl methyl sites for hydroxylation is 1. The molecule has 9 heteroatoms. The van der Waals surface area contributed by atoms with E-state index < -0.39 is 5.97 Å². The third-order valence-corrected chi connectivity index (χ3v) is 5.30. The predicted molar refractivity (Wildman–Crippen MR) is 100 cm³/mol. The minimum absolute atomic E-state index is 0.129. The lowest BCUT2D eigenvalue weighted by Gasteiger charge is -1.99. The Morgan fingerprint density at radius 3 is 2.88 bits per heavy atom. The van der Waals surface area contributed by atoms with Gasteiger partial charge in [0.15, 0.2) is 5.13 Å². The molecule has 0 atom stereocenters. The second kappa shape index (κ2) is 8.15. The van der Waals surface area contributed by atoms with E-state index in [4.69, 9.17) is 4.74 Å². The summed E-state index contributed by atoms with van der Waals surface area (Å²) in [6, 6.07) is 3.76. The molecule has 3 heterocycles. The molecule has 3 rings (SSSR count). The number of carbonyl (C=O) groups is 2. The summed E-state index contributed by atoms with van der Waals surface area (Å²) < 4.78 is 4.97. The number of carbonyl (C=O) groups excluding carboxylic acids is 2. The maximum absolute atomic E-state index is 12.2. The van der Waals surface area contributed by atoms with Crippen LogP contribution in [0.1, 0.15) is 28.0 Å². The molecule has 0 radical (unpaired) electrons. The van der Waals surface area contributed by atoms with Crippen molar-refractivity contribution in [2.75, 3.05) is 11.9 Å². The first-order chi connectivity index (χ1) is 12.6. The number of rotatable bonds is 6. The van der Waals surface area contributed by atoms with Crippen LogP contribution in [0.15, 0.2) is 29.9 Å². The lowest BCUT2D eigenvalue weighted by atomic mass is 10.3. The highest BCUT2D eigenvalue weighted by atomic mass is 32.1. The van der Waals surface area contributed by atoms with Crippen LogP contribution in [0.3, 0.4) is 0 Å². The Morgan fingerprint density at radius 2 is 2.15 bits per heavy atom. The van der Waals surface area contributed by atoms with Gasteiger partial charge in [-0.1, -0.05) is 11.3 Å². The summed E-state index contributed by atoms with van der Waals surface area (Å²) in [5.41, 5.74) is 2.13. The van der Waals surface area contributed by atoms with E-state index in [2.05, 4.69) is 20.3 Å². The van der Waals surface area contributed by atoms with E-state index in [9.17, 15) is 9.59 Å². The molecule has 134 valence electrons. The van der Waals surface area contributed by atoms with Crippen LogP contribution >= 0.6 is 22.7 Å². The van der Waals surface area contributed by atoms with Crippen molar-refractivity contribution in [3.05, 3.63) is 46.2 Å². The first kappa shape index (κ1) is 18.2. The van der Waals surface area contributed by atoms with Gasteiger partial charge in [0.25, 0.3) is 0 Å². The number of hydrogen-bond acceptors (Lipinski definition) is 8. The molecule has 0 unspecified atom stereocenters. The number of nitrogens with one attached hydrogen (secondary N) is 1. The third kappa shape index (κ3) is 4.30. The molecule has 0 aliphatic rings. The first-order valence-corrected chi connectivity index (χ1v) is 9.55. The van der Waals surface area contributed by atoms with Gasteiger partial charge in [-0.2, -0.15) is 0 Å². The summed E-state index contributed by atoms with van der Waals surface area (Å²) in [4.78, 5) is 37.2. The predicted octanol–water partition coefficient (Wildman–Crippen LogP) is 3.33. The summed E-state index contributed by atoms with van der Waals surface area (Å²) in [6.07, 6.45) is 3.56. The summed E-state index contributed by atoms with van der Waals surface area (Å²) in [5, 5.41) is 5.75. The van der Waals surface area contributed by atoms with Crippen molar-refractivity contribution >= 4 is 39.7 Å². The zero-order valence-corrected chi connectivity index (χ0v) is 15.8. The fraction of sp³-hybridized carbons (Fsp3) is 0.235. The number of amides is 1. The standard InChI is InChI=1S/C17H16N4O3S2/c1-3-24-16(23)14-10(2)19-17(26-14)21-13(22)7-12-9-25-15(20-12)11-5-4-6-18-8-11/h4-6,8-9H,3,7H2,1-2H3,(H,19,21,22). The lowest BCUT2D eigenvalue weighted by molar-refractivity contribution is -0.115. The lowest BCUT2D eigenvalue weighted by Crippen LogP contribution is -2.14. The van der Waals surface area contributed by atoms with Crippen molar-refractivity contribution in [2.45, 2.75) is 20.3 Å². The number of anilines is 1. The molecule has 0 saturated carbocycles. The van der Waals surface area contributed by atoms with Gasteiger partial charge >= 0.3 is 5.97 Å². The van der Waals surface area contributed by atoms with Crippen molar-refractivity contribution in [1.29, 1.82) is 0 Å². The van der Waals surface area contributed by atoms with Gasteiger partial charge < -0.3 is 10.1 Å². The van der Waals surface area contributed by atoms with E-state index in [1.165, 1.54) is 11.3 Å². The number of pyridine rings is 1. The van der Waals surface area contributed by atoms with Crippen LogP contribution in [0.2, 0.25) is 0 Å². The van der Waals surface area contributed by atoms with Gasteiger partial charge in [0, 0.05) is 23.3 Å². The van der Waals surface area contributed by atoms with Crippen molar-refractivity contribution < 1.29 is 14.3 Å². The van der Waals surface area contributed by atoms with Gasteiger partial charge in [-0.25, -0.2) is 14.8 Å². The molecule has 0 aliphatic carbocycles. The minimum atomic E-state index is -0.427. The van der Waals surface area contributed by atoms with Gasteiger partial charge in [-0.3, -0.25) is 9.78 Å². The Labute approximate surface area is 158 Å². The molecule has 1 amide bonds. The molecule has 0 aromatic carbocycles. The van der Waals surface area contributed by atoms with E-state index in [1.54, 1.807) is 26.2 Å². The summed E-state index contributed by atoms with van der Waals surface area (Å²) >= 11 is 2.57. The normalized spacial score (nSPS) is 10.5. The van der Waals surface area contributed by atoms with Crippen LogP contribution in [0, 0.1) is 6.92 Å². The van der Waals surface area contributed by atoms with E-state index in [1.807, 2.05) is 17.5 Å². The second-order valence-electron chi connectivity index (χ2n) is 5.26. The summed E-state index contributed by atoms with van der Waals surface area (Å²) in [7, 11) is 0. The Bertz CT molecular complexity index is 921. The second-order valence-corrected chi connectivity index (χ2v) is 7.12. The Hall–Kier alpha value is -2.65. The third-order valence-electron chi connectivity index (χ3n) is 3.31. The van der Waals surface area contributed by atoms with Crippen molar-refractivity contribution in [3.63, 3.8) is 0 Å². The van der Waals surface area contributed by atoms with Gasteiger partial charge in [0.05, 0.1) is 24.4 Å². The molecule has 3 aromatic heterocycles. The van der Waals surface area contributed by atoms with Crippen LogP contribution in [0.5, 0.6) is 0 Å². The highest BCUT2D eigenvalue weighted by Crippen LogP contribution is 2.25. The summed E-state index contributed by atoms with van der Waals surface area (Å²) in [5.74, 6) is -0.666. The fourth-order valence-electron chi connectivity index (χ4n) is 2.17. The van der Waals surface area contributed by atoms with Crippen molar-refractivity contribution in [1.82, 2.24) is 15.0 Å². The first-order valence-electron chi connectivity index (χ1n) is 7.86. The SMILES string of the molecule is CCOC(=O)c1sc(NC(=O)Cc2csc(-c3cccnc3)n2)nc1C. The zero-order chi connectivity index (χ0) is 18.5. The largest absolute Gasteiger partial charge is 0.462 e. The number of aromatic nitrogens is 3. The van der Waals surface area contributed by atoms with Crippen LogP contribution in [0.25, 0.3) is 10.6 Å². The highest BCUT2D eigenvalue weighted by molar-refractivity contribution is 7.17. The Morgan fingerprint density at radius 1 is 1.31 bits per heavy atom. The topological polar surface area (TPSA) is 94.1 Å². The number of hydrogen-bond donors (Lipinski definition) is 1. The molecular formula is C17H16N4O3S2. The molecule has 0 saturated heterocycles. The van der Waals surface area contributed by atoms with Gasteiger partial charge in [-0.05, 0) is 26.0 Å². The maximum atomic E-state index is 12.2. The summed E-state index contributed by atoms with van der Waals surface area (Å²) in [6.45, 7) is 3.74. The van der Waals surface area contributed by atoms with E-state index in [0.717, 1.165) is 21.9 Å². The van der Waals surface area contributed by atoms with Gasteiger partial charge in [0.1, 0.15) is 9.88 Å². The fourth-order valence-corrected chi connectivity index (χ4v) is 3.86. The van der Waals surface area contributed by atoms with Crippen molar-refractivity contribution in [3.8, 4) is 10.6 Å². The van der Waals surface area contributed by atoms with Crippen LogP contribution in [-0.4, -0.2) is 33.4 Å². The Kier molecular flexibility index (Phi) is 5.69. The molecule has 0 fully saturated rings. The molecule has 7 nitrogen and oxygen atoms in total. The van der Waals surface area contributed by atoms with E-state index >= 15 is 0 Å². The molecule has 0 spiro atoms. The average Bonchev–Trinajstić information content (AvgIpc) is 3.22. The molecule has 26 heavy (non-hydrogen) atoms. The van der Waals surface area contributed by atoms with Crippen LogP contribution in [0.4, 0.5) is 5.13 Å². The zero-order valence-electron chi connectivity index (χ0n) is 14.2. The Balaban J connectivity index is 1.64. The van der Waals surface area contributed by atoms with Crippen molar-refractivity contribution in [2.24, 2.45) is 0 Å². The number of thiazole rings is 2. The number of nitrogens with zero attached hydrogens (tertiary/aromatic N) is 3. The molecule has 3 aromatic rings. The van der Waals surface area contributed by atoms with Gasteiger partial charge in [-0.15, -0.1) is 11.3 Å². The highest BCUT2D eigenvalue weighted by Gasteiger charge is 2.18. The number of ether oxygens (including phenoxy) is 1. The molecular weight excluding hydrogens is 372 g/mol. The number of esters is 1.